The molecule has 1 heterocycles. The molecule has 2 amide bonds. The minimum Gasteiger partial charge on any atom is -0.497 e. The Labute approximate surface area is 192 Å². The monoisotopic (exact) mass is 436 g/mol. The van der Waals surface area contributed by atoms with Gasteiger partial charge in [-0.05, 0) is 54.9 Å². The highest BCUT2D eigenvalue weighted by molar-refractivity contribution is 5.78. The quantitative estimate of drug-likeness (QED) is 0.587. The van der Waals surface area contributed by atoms with Crippen molar-refractivity contribution in [2.75, 3.05) is 33.3 Å². The van der Waals surface area contributed by atoms with Gasteiger partial charge in [-0.3, -0.25) is 9.59 Å². The summed E-state index contributed by atoms with van der Waals surface area (Å²) in [5.74, 6) is 1.57. The van der Waals surface area contributed by atoms with Crippen LogP contribution in [-0.2, 0) is 22.4 Å². The maximum atomic E-state index is 12.8. The summed E-state index contributed by atoms with van der Waals surface area (Å²) in [6.07, 6.45) is 4.67. The molecule has 2 aromatic rings. The topological polar surface area (TPSA) is 49.9 Å². The van der Waals surface area contributed by atoms with Crippen molar-refractivity contribution in [2.24, 2.45) is 5.92 Å². The molecule has 5 heteroatoms. The smallest absolute Gasteiger partial charge is 0.222 e. The Balaban J connectivity index is 1.40. The van der Waals surface area contributed by atoms with Crippen molar-refractivity contribution in [3.05, 3.63) is 65.7 Å². The lowest BCUT2D eigenvalue weighted by Gasteiger charge is -2.23. The Morgan fingerprint density at radius 3 is 2.12 bits per heavy atom. The van der Waals surface area contributed by atoms with Gasteiger partial charge in [-0.2, -0.15) is 0 Å². The van der Waals surface area contributed by atoms with Crippen LogP contribution in [0.1, 0.15) is 43.7 Å². The number of benzene rings is 2. The van der Waals surface area contributed by atoms with Crippen LogP contribution in [0.25, 0.3) is 0 Å². The van der Waals surface area contributed by atoms with Gasteiger partial charge < -0.3 is 14.5 Å². The van der Waals surface area contributed by atoms with E-state index in [1.54, 1.807) is 7.11 Å². The average molecular weight is 437 g/mol. The first-order valence-electron chi connectivity index (χ1n) is 11.8. The summed E-state index contributed by atoms with van der Waals surface area (Å²) in [5, 5.41) is 0. The van der Waals surface area contributed by atoms with Crippen molar-refractivity contribution in [2.45, 2.75) is 45.4 Å². The number of carbonyl (C=O) groups excluding carboxylic acids is 2. The first-order chi connectivity index (χ1) is 15.5. The van der Waals surface area contributed by atoms with E-state index in [1.807, 2.05) is 40.1 Å². The number of rotatable bonds is 9. The van der Waals surface area contributed by atoms with Crippen molar-refractivity contribution in [3.63, 3.8) is 0 Å². The molecule has 1 fully saturated rings. The van der Waals surface area contributed by atoms with E-state index < -0.39 is 0 Å². The predicted octanol–water partition coefficient (Wildman–Crippen LogP) is 4.35. The lowest BCUT2D eigenvalue weighted by molar-refractivity contribution is -0.134. The summed E-state index contributed by atoms with van der Waals surface area (Å²) >= 11 is 0. The van der Waals surface area contributed by atoms with E-state index in [0.29, 0.717) is 31.8 Å². The molecule has 0 saturated carbocycles. The molecule has 5 nitrogen and oxygen atoms in total. The standard InChI is InChI=1S/C27H36N2O3/c1-22(9-10-23-7-4-3-5-8-23)21-27(31)29-18-6-17-28(19-20-29)26(30)16-13-24-11-14-25(32-2)15-12-24/h3-5,7-8,11-12,14-15,22H,6,9-10,13,16-21H2,1-2H3. The molecule has 0 N–H and O–H groups in total. The highest BCUT2D eigenvalue weighted by atomic mass is 16.5. The van der Waals surface area contributed by atoms with E-state index in [0.717, 1.165) is 50.1 Å². The molecule has 3 rings (SSSR count). The molecule has 0 radical (unpaired) electrons. The van der Waals surface area contributed by atoms with Crippen LogP contribution in [0.3, 0.4) is 0 Å². The largest absolute Gasteiger partial charge is 0.497 e. The van der Waals surface area contributed by atoms with E-state index in [4.69, 9.17) is 4.74 Å². The molecule has 0 bridgehead atoms. The van der Waals surface area contributed by atoms with Gasteiger partial charge in [-0.25, -0.2) is 0 Å². The summed E-state index contributed by atoms with van der Waals surface area (Å²) < 4.78 is 5.18. The second kappa shape index (κ2) is 12.3. The number of nitrogens with zero attached hydrogens (tertiary/aromatic N) is 2. The van der Waals surface area contributed by atoms with Gasteiger partial charge in [0.1, 0.15) is 5.75 Å². The third-order valence-electron chi connectivity index (χ3n) is 6.28. The fraction of sp³-hybridized carbons (Fsp3) is 0.481. The molecular formula is C27H36N2O3. The van der Waals surface area contributed by atoms with E-state index in [2.05, 4.69) is 31.2 Å². The third kappa shape index (κ3) is 7.40. The van der Waals surface area contributed by atoms with Gasteiger partial charge in [0.25, 0.3) is 0 Å². The zero-order valence-electron chi connectivity index (χ0n) is 19.5. The molecule has 1 unspecified atom stereocenters. The second-order valence-corrected chi connectivity index (χ2v) is 8.80. The van der Waals surface area contributed by atoms with Crippen LogP contribution >= 0.6 is 0 Å². The van der Waals surface area contributed by atoms with Crippen molar-refractivity contribution in [1.29, 1.82) is 0 Å². The molecule has 2 aromatic carbocycles. The molecule has 1 aliphatic rings. The number of hydrogen-bond donors (Lipinski definition) is 0. The van der Waals surface area contributed by atoms with Crippen LogP contribution in [0.5, 0.6) is 5.75 Å². The van der Waals surface area contributed by atoms with Gasteiger partial charge in [-0.15, -0.1) is 0 Å². The second-order valence-electron chi connectivity index (χ2n) is 8.80. The van der Waals surface area contributed by atoms with E-state index in [-0.39, 0.29) is 11.8 Å². The lowest BCUT2D eigenvalue weighted by Crippen LogP contribution is -2.37. The van der Waals surface area contributed by atoms with Gasteiger partial charge in [0.05, 0.1) is 7.11 Å². The Morgan fingerprint density at radius 1 is 0.844 bits per heavy atom. The predicted molar refractivity (Wildman–Crippen MR) is 128 cm³/mol. The number of carbonyl (C=O) groups is 2. The summed E-state index contributed by atoms with van der Waals surface area (Å²) in [5.41, 5.74) is 2.46. The Hall–Kier alpha value is -2.82. The van der Waals surface area contributed by atoms with Crippen molar-refractivity contribution in [3.8, 4) is 5.75 Å². The highest BCUT2D eigenvalue weighted by Gasteiger charge is 2.23. The fourth-order valence-electron chi connectivity index (χ4n) is 4.20. The SMILES string of the molecule is COc1ccc(CCC(=O)N2CCCN(C(=O)CC(C)CCc3ccccc3)CC2)cc1. The summed E-state index contributed by atoms with van der Waals surface area (Å²) in [6, 6.07) is 18.3. The molecule has 1 aliphatic heterocycles. The number of methoxy groups -OCH3 is 1. The van der Waals surface area contributed by atoms with Gasteiger partial charge in [0.15, 0.2) is 0 Å². The summed E-state index contributed by atoms with van der Waals surface area (Å²) in [6.45, 7) is 4.90. The molecule has 1 atom stereocenters. The van der Waals surface area contributed by atoms with Gasteiger partial charge in [0, 0.05) is 39.0 Å². The maximum Gasteiger partial charge on any atom is 0.222 e. The van der Waals surface area contributed by atoms with Crippen LogP contribution < -0.4 is 4.74 Å². The van der Waals surface area contributed by atoms with Crippen LogP contribution in [0.4, 0.5) is 0 Å². The molecule has 32 heavy (non-hydrogen) atoms. The number of amides is 2. The first-order valence-corrected chi connectivity index (χ1v) is 11.8. The Morgan fingerprint density at radius 2 is 1.47 bits per heavy atom. The van der Waals surface area contributed by atoms with Crippen LogP contribution in [0.15, 0.2) is 54.6 Å². The fourth-order valence-corrected chi connectivity index (χ4v) is 4.20. The molecule has 172 valence electrons. The molecule has 0 aliphatic carbocycles. The normalized spacial score (nSPS) is 15.2. The maximum absolute atomic E-state index is 12.8. The minimum atomic E-state index is 0.173. The van der Waals surface area contributed by atoms with E-state index in [9.17, 15) is 9.59 Å². The minimum absolute atomic E-state index is 0.173. The van der Waals surface area contributed by atoms with Crippen LogP contribution in [0.2, 0.25) is 0 Å². The average Bonchev–Trinajstić information content (AvgIpc) is 3.09. The molecule has 0 spiro atoms. The van der Waals surface area contributed by atoms with Gasteiger partial charge >= 0.3 is 0 Å². The third-order valence-corrected chi connectivity index (χ3v) is 6.28. The van der Waals surface area contributed by atoms with Crippen LogP contribution in [0, 0.1) is 5.92 Å². The molecule has 0 aromatic heterocycles. The zero-order valence-corrected chi connectivity index (χ0v) is 19.5. The summed E-state index contributed by atoms with van der Waals surface area (Å²) in [7, 11) is 1.65. The summed E-state index contributed by atoms with van der Waals surface area (Å²) in [4.78, 5) is 29.4. The van der Waals surface area contributed by atoms with Gasteiger partial charge in [-0.1, -0.05) is 49.4 Å². The number of hydrogen-bond acceptors (Lipinski definition) is 3. The van der Waals surface area contributed by atoms with Crippen molar-refractivity contribution in [1.82, 2.24) is 9.80 Å². The van der Waals surface area contributed by atoms with Crippen molar-refractivity contribution < 1.29 is 14.3 Å². The Bertz CT molecular complexity index is 851. The Kier molecular flexibility index (Phi) is 9.14. The molecule has 1 saturated heterocycles. The first kappa shape index (κ1) is 23.8. The van der Waals surface area contributed by atoms with E-state index in [1.165, 1.54) is 5.56 Å². The van der Waals surface area contributed by atoms with Gasteiger partial charge in [0.2, 0.25) is 11.8 Å². The highest BCUT2D eigenvalue weighted by Crippen LogP contribution is 2.17. The van der Waals surface area contributed by atoms with Crippen molar-refractivity contribution >= 4 is 11.8 Å². The van der Waals surface area contributed by atoms with Crippen LogP contribution in [-0.4, -0.2) is 54.9 Å². The number of aryl methyl sites for hydroxylation is 2. The lowest BCUT2D eigenvalue weighted by atomic mass is 9.97. The number of ether oxygens (including phenoxy) is 1. The molecular weight excluding hydrogens is 400 g/mol. The zero-order chi connectivity index (χ0) is 22.8. The van der Waals surface area contributed by atoms with E-state index >= 15 is 0 Å².